The third kappa shape index (κ3) is 7.37. The molecule has 0 aliphatic rings. The van der Waals surface area contributed by atoms with E-state index in [0.717, 1.165) is 0 Å². The quantitative estimate of drug-likeness (QED) is 0.596. The molecular weight excluding hydrogens is 307 g/mol. The minimum absolute atomic E-state index is 0.0723. The van der Waals surface area contributed by atoms with E-state index < -0.39 is 29.6 Å². The maximum Gasteiger partial charge on any atom is 0.326 e. The molecule has 0 heterocycles. The number of nitrogens with one attached hydrogen (secondary N) is 2. The largest absolute Gasteiger partial charge is 0.480 e. The summed E-state index contributed by atoms with van der Waals surface area (Å²) in [7, 11) is 1.42. The summed E-state index contributed by atoms with van der Waals surface area (Å²) < 4.78 is 17.8. The Morgan fingerprint density at radius 2 is 2.04 bits per heavy atom. The molecule has 1 atom stereocenters. The van der Waals surface area contributed by atoms with Crippen LogP contribution < -0.4 is 10.6 Å². The first-order valence-electron chi connectivity index (χ1n) is 6.94. The van der Waals surface area contributed by atoms with Gasteiger partial charge in [0.25, 0.3) is 0 Å². The standard InChI is InChI=1S/C15H19FN2O5/c1-23-6-5-12(15(21)22)18-14(20)9-17-13(19)8-10-3-2-4-11(16)7-10/h2-4,7,12H,5-6,8-9H2,1H3,(H,17,19)(H,18,20)(H,21,22). The van der Waals surface area contributed by atoms with Gasteiger partial charge in [-0.05, 0) is 17.7 Å². The van der Waals surface area contributed by atoms with Crippen molar-refractivity contribution in [2.24, 2.45) is 0 Å². The second-order valence-corrected chi connectivity index (χ2v) is 4.82. The lowest BCUT2D eigenvalue weighted by molar-refractivity contribution is -0.142. The summed E-state index contributed by atoms with van der Waals surface area (Å²) in [6.45, 7) is -0.173. The van der Waals surface area contributed by atoms with Crippen LogP contribution in [-0.4, -0.2) is 49.2 Å². The van der Waals surface area contributed by atoms with Crippen LogP contribution in [0.3, 0.4) is 0 Å². The molecule has 0 aromatic heterocycles. The van der Waals surface area contributed by atoms with Crippen molar-refractivity contribution in [1.29, 1.82) is 0 Å². The van der Waals surface area contributed by atoms with E-state index >= 15 is 0 Å². The topological polar surface area (TPSA) is 105 Å². The minimum atomic E-state index is -1.18. The molecule has 1 aromatic rings. The van der Waals surface area contributed by atoms with Crippen LogP contribution >= 0.6 is 0 Å². The maximum absolute atomic E-state index is 13.0. The van der Waals surface area contributed by atoms with E-state index in [9.17, 15) is 18.8 Å². The highest BCUT2D eigenvalue weighted by Crippen LogP contribution is 2.03. The fourth-order valence-corrected chi connectivity index (χ4v) is 1.81. The number of hydrogen-bond acceptors (Lipinski definition) is 4. The highest BCUT2D eigenvalue weighted by atomic mass is 19.1. The average Bonchev–Trinajstić information content (AvgIpc) is 2.49. The average molecular weight is 326 g/mol. The summed E-state index contributed by atoms with van der Waals surface area (Å²) >= 11 is 0. The molecule has 2 amide bonds. The molecule has 1 aromatic carbocycles. The van der Waals surface area contributed by atoms with Crippen molar-refractivity contribution < 1.29 is 28.6 Å². The fraction of sp³-hybridized carbons (Fsp3) is 0.400. The lowest BCUT2D eigenvalue weighted by Crippen LogP contribution is -2.46. The molecule has 0 spiro atoms. The number of ether oxygens (including phenoxy) is 1. The zero-order valence-corrected chi connectivity index (χ0v) is 12.7. The number of carboxylic acid groups (broad SMARTS) is 1. The Kier molecular flexibility index (Phi) is 7.69. The van der Waals surface area contributed by atoms with Gasteiger partial charge in [0, 0.05) is 20.1 Å². The monoisotopic (exact) mass is 326 g/mol. The lowest BCUT2D eigenvalue weighted by atomic mass is 10.1. The second-order valence-electron chi connectivity index (χ2n) is 4.82. The predicted molar refractivity (Wildman–Crippen MR) is 79.2 cm³/mol. The minimum Gasteiger partial charge on any atom is -0.480 e. The summed E-state index contributed by atoms with van der Waals surface area (Å²) in [6.07, 6.45) is 0.0475. The molecule has 0 fully saturated rings. The number of amides is 2. The van der Waals surface area contributed by atoms with E-state index in [1.54, 1.807) is 6.07 Å². The van der Waals surface area contributed by atoms with Crippen molar-refractivity contribution in [1.82, 2.24) is 10.6 Å². The molecule has 0 aliphatic heterocycles. The molecule has 0 aliphatic carbocycles. The summed E-state index contributed by atoms with van der Waals surface area (Å²) in [5.74, 6) is -2.72. The number of carbonyl (C=O) groups excluding carboxylic acids is 2. The van der Waals surface area contributed by atoms with Gasteiger partial charge < -0.3 is 20.5 Å². The molecule has 1 rings (SSSR count). The van der Waals surface area contributed by atoms with Crippen LogP contribution in [0.25, 0.3) is 0 Å². The van der Waals surface area contributed by atoms with Crippen LogP contribution in [0.2, 0.25) is 0 Å². The Bertz CT molecular complexity index is 565. The van der Waals surface area contributed by atoms with E-state index in [4.69, 9.17) is 9.84 Å². The Hall–Kier alpha value is -2.48. The molecule has 0 radical (unpaired) electrons. The van der Waals surface area contributed by atoms with Crippen LogP contribution in [0.15, 0.2) is 24.3 Å². The van der Waals surface area contributed by atoms with Gasteiger partial charge in [-0.25, -0.2) is 9.18 Å². The summed E-state index contributed by atoms with van der Waals surface area (Å²) in [5.41, 5.74) is 0.478. The smallest absolute Gasteiger partial charge is 0.326 e. The molecule has 8 heteroatoms. The van der Waals surface area contributed by atoms with Crippen molar-refractivity contribution in [2.45, 2.75) is 18.9 Å². The molecule has 1 unspecified atom stereocenters. The Morgan fingerprint density at radius 1 is 1.30 bits per heavy atom. The van der Waals surface area contributed by atoms with Crippen molar-refractivity contribution in [3.8, 4) is 0 Å². The van der Waals surface area contributed by atoms with Gasteiger partial charge >= 0.3 is 5.97 Å². The number of aliphatic carboxylic acids is 1. The number of carboxylic acids is 1. The highest BCUT2D eigenvalue weighted by Gasteiger charge is 2.19. The highest BCUT2D eigenvalue weighted by molar-refractivity contribution is 5.88. The first kappa shape index (κ1) is 18.6. The van der Waals surface area contributed by atoms with Crippen molar-refractivity contribution in [3.05, 3.63) is 35.6 Å². The van der Waals surface area contributed by atoms with E-state index in [0.29, 0.717) is 5.56 Å². The SMILES string of the molecule is COCCC(NC(=O)CNC(=O)Cc1cccc(F)c1)C(=O)O. The van der Waals surface area contributed by atoms with Crippen LogP contribution in [0.5, 0.6) is 0 Å². The normalized spacial score (nSPS) is 11.6. The van der Waals surface area contributed by atoms with E-state index in [1.807, 2.05) is 0 Å². The molecule has 23 heavy (non-hydrogen) atoms. The predicted octanol–water partition coefficient (Wildman–Crippen LogP) is 0.0903. The summed E-state index contributed by atoms with van der Waals surface area (Å²) in [5, 5.41) is 13.6. The van der Waals surface area contributed by atoms with Gasteiger partial charge in [-0.1, -0.05) is 12.1 Å². The van der Waals surface area contributed by atoms with Gasteiger partial charge in [0.1, 0.15) is 11.9 Å². The molecule has 0 saturated carbocycles. The van der Waals surface area contributed by atoms with Gasteiger partial charge in [-0.15, -0.1) is 0 Å². The molecule has 0 saturated heterocycles. The number of halogens is 1. The third-order valence-corrected chi connectivity index (χ3v) is 2.94. The van der Waals surface area contributed by atoms with Gasteiger partial charge in [0.15, 0.2) is 0 Å². The van der Waals surface area contributed by atoms with E-state index in [-0.39, 0.29) is 26.0 Å². The number of carbonyl (C=O) groups is 3. The molecule has 7 nitrogen and oxygen atoms in total. The van der Waals surface area contributed by atoms with Crippen molar-refractivity contribution in [2.75, 3.05) is 20.3 Å². The van der Waals surface area contributed by atoms with Gasteiger partial charge in [0.2, 0.25) is 11.8 Å². The third-order valence-electron chi connectivity index (χ3n) is 2.94. The Morgan fingerprint density at radius 3 is 2.65 bits per heavy atom. The number of benzene rings is 1. The fourth-order valence-electron chi connectivity index (χ4n) is 1.81. The van der Waals surface area contributed by atoms with Crippen molar-refractivity contribution in [3.63, 3.8) is 0 Å². The van der Waals surface area contributed by atoms with Gasteiger partial charge in [0.05, 0.1) is 13.0 Å². The first-order chi connectivity index (χ1) is 10.9. The number of methoxy groups -OCH3 is 1. The Balaban J connectivity index is 2.39. The van der Waals surface area contributed by atoms with Crippen LogP contribution in [0.4, 0.5) is 4.39 Å². The summed E-state index contributed by atoms with van der Waals surface area (Å²) in [4.78, 5) is 34.3. The van der Waals surface area contributed by atoms with E-state index in [1.165, 1.54) is 25.3 Å². The number of hydrogen-bond donors (Lipinski definition) is 3. The van der Waals surface area contributed by atoms with Crippen LogP contribution in [0.1, 0.15) is 12.0 Å². The molecule has 126 valence electrons. The van der Waals surface area contributed by atoms with Crippen LogP contribution in [-0.2, 0) is 25.5 Å². The maximum atomic E-state index is 13.0. The molecular formula is C15H19FN2O5. The molecule has 3 N–H and O–H groups in total. The van der Waals surface area contributed by atoms with Crippen molar-refractivity contribution >= 4 is 17.8 Å². The van der Waals surface area contributed by atoms with Gasteiger partial charge in [-0.2, -0.15) is 0 Å². The van der Waals surface area contributed by atoms with Gasteiger partial charge in [-0.3, -0.25) is 9.59 Å². The lowest BCUT2D eigenvalue weighted by Gasteiger charge is -2.14. The van der Waals surface area contributed by atoms with E-state index in [2.05, 4.69) is 10.6 Å². The summed E-state index contributed by atoms with van der Waals surface area (Å²) in [6, 6.07) is 4.49. The zero-order valence-electron chi connectivity index (χ0n) is 12.7. The Labute approximate surface area is 132 Å². The molecule has 0 bridgehead atoms. The second kappa shape index (κ2) is 9.52. The first-order valence-corrected chi connectivity index (χ1v) is 6.94. The zero-order chi connectivity index (χ0) is 17.2. The van der Waals surface area contributed by atoms with Crippen LogP contribution in [0, 0.1) is 5.82 Å². The number of rotatable bonds is 9.